The SMILES string of the molecule is Cc1ccc(OC(=O)Cc2ccc(C)c3c(CC(=O)Oc4ccc5c6c4C[C@H]4C(=O)CC[C@@]7(O)[C@@H](C5)N(CC5CC5)CC[C@]647)ccc(C)c23)c2c1[C@]13CCN(CC4CC4)[C@H](C)[C@]1(O)CCC(=O)[C@@H]3O2. The lowest BCUT2D eigenvalue weighted by Gasteiger charge is -2.64. The Morgan fingerprint density at radius 3 is 1.93 bits per heavy atom. The number of rotatable bonds is 10. The van der Waals surface area contributed by atoms with E-state index < -0.39 is 40.1 Å². The van der Waals surface area contributed by atoms with Crippen LogP contribution in [-0.4, -0.2) is 99.1 Å². The van der Waals surface area contributed by atoms with Crippen molar-refractivity contribution in [2.45, 2.75) is 158 Å². The van der Waals surface area contributed by atoms with Gasteiger partial charge in [-0.15, -0.1) is 0 Å². The number of piperidine rings is 2. The van der Waals surface area contributed by atoms with Gasteiger partial charge in [0, 0.05) is 54.9 Å². The molecule has 4 aromatic rings. The maximum absolute atomic E-state index is 14.2. The van der Waals surface area contributed by atoms with Gasteiger partial charge in [-0.05, 0) is 184 Å². The lowest BCUT2D eigenvalue weighted by Crippen LogP contribution is -2.75. The summed E-state index contributed by atoms with van der Waals surface area (Å²) >= 11 is 0. The van der Waals surface area contributed by atoms with E-state index in [1.54, 1.807) is 6.07 Å². The summed E-state index contributed by atoms with van der Waals surface area (Å²) in [4.78, 5) is 60.9. The number of Topliss-reactive ketones (excluding diaryl/α,β-unsaturated/α-hetero) is 2. The van der Waals surface area contributed by atoms with Crippen LogP contribution < -0.4 is 14.2 Å². The van der Waals surface area contributed by atoms with Crippen molar-refractivity contribution in [2.75, 3.05) is 26.2 Å². The largest absolute Gasteiger partial charge is 0.477 e. The van der Waals surface area contributed by atoms with E-state index in [1.165, 1.54) is 31.2 Å². The predicted octanol–water partition coefficient (Wildman–Crippen LogP) is 7.20. The summed E-state index contributed by atoms with van der Waals surface area (Å²) in [5.41, 5.74) is 4.53. The van der Waals surface area contributed by atoms with Crippen LogP contribution in [0.15, 0.2) is 48.5 Å². The Labute approximate surface area is 403 Å². The molecule has 4 aromatic carbocycles. The first-order valence-corrected chi connectivity index (χ1v) is 26.0. The molecule has 3 heterocycles. The van der Waals surface area contributed by atoms with Gasteiger partial charge in [0.15, 0.2) is 23.4 Å². The monoisotopic (exact) mass is 932 g/mol. The summed E-state index contributed by atoms with van der Waals surface area (Å²) in [6, 6.07) is 15.3. The number of benzene rings is 4. The summed E-state index contributed by atoms with van der Waals surface area (Å²) < 4.78 is 19.2. The van der Waals surface area contributed by atoms with Crippen LogP contribution in [0, 0.1) is 38.5 Å². The van der Waals surface area contributed by atoms with Crippen LogP contribution in [0.2, 0.25) is 0 Å². The van der Waals surface area contributed by atoms with Gasteiger partial charge in [-0.3, -0.25) is 29.0 Å². The third-order valence-corrected chi connectivity index (χ3v) is 19.5. The minimum Gasteiger partial charge on any atom is -0.477 e. The van der Waals surface area contributed by atoms with E-state index in [2.05, 4.69) is 22.8 Å². The molecule has 2 spiro atoms. The molecule has 11 nitrogen and oxygen atoms in total. The minimum absolute atomic E-state index is 0.00449. The molecule has 2 N–H and O–H groups in total. The van der Waals surface area contributed by atoms with Gasteiger partial charge in [-0.1, -0.05) is 36.4 Å². The third kappa shape index (κ3) is 6.18. The lowest BCUT2D eigenvalue weighted by molar-refractivity contribution is -0.184. The topological polar surface area (TPSA) is 143 Å². The number of hydrogen-bond acceptors (Lipinski definition) is 11. The predicted molar refractivity (Wildman–Crippen MR) is 258 cm³/mol. The molecule has 6 fully saturated rings. The van der Waals surface area contributed by atoms with Crippen LogP contribution in [0.1, 0.15) is 121 Å². The number of esters is 2. The molecule has 2 saturated heterocycles. The van der Waals surface area contributed by atoms with Gasteiger partial charge in [0.1, 0.15) is 11.5 Å². The molecule has 360 valence electrons. The Hall–Kier alpha value is -4.94. The normalized spacial score (nSPS) is 33.1. The molecule has 0 amide bonds. The van der Waals surface area contributed by atoms with Crippen LogP contribution in [0.25, 0.3) is 10.8 Å². The molecule has 6 aliphatic carbocycles. The number of ether oxygens (including phenoxy) is 3. The highest BCUT2D eigenvalue weighted by Gasteiger charge is 2.72. The van der Waals surface area contributed by atoms with Gasteiger partial charge < -0.3 is 24.4 Å². The summed E-state index contributed by atoms with van der Waals surface area (Å²) in [5.74, 6) is 1.46. The van der Waals surface area contributed by atoms with Crippen LogP contribution in [0.5, 0.6) is 17.2 Å². The number of aryl methyl sites for hydroxylation is 3. The molecular weight excluding hydrogens is 869 g/mol. The summed E-state index contributed by atoms with van der Waals surface area (Å²) in [6.07, 6.45) is 8.01. The van der Waals surface area contributed by atoms with Crippen molar-refractivity contribution in [3.8, 4) is 17.2 Å². The molecule has 4 saturated carbocycles. The molecule has 11 heteroatoms. The lowest BCUT2D eigenvalue weighted by atomic mass is 9.48. The smallest absolute Gasteiger partial charge is 0.315 e. The molecule has 8 atom stereocenters. The van der Waals surface area contributed by atoms with Crippen molar-refractivity contribution < 1.29 is 43.6 Å². The first kappa shape index (κ1) is 44.0. The molecular formula is C58H64N2O9. The average Bonchev–Trinajstić information content (AvgIpc) is 4.25. The van der Waals surface area contributed by atoms with Gasteiger partial charge >= 0.3 is 11.9 Å². The fraction of sp³-hybridized carbons (Fsp3) is 0.552. The molecule has 0 aromatic heterocycles. The van der Waals surface area contributed by atoms with Gasteiger partial charge in [-0.2, -0.15) is 0 Å². The van der Waals surface area contributed by atoms with Crippen LogP contribution >= 0.6 is 0 Å². The van der Waals surface area contributed by atoms with E-state index in [0.29, 0.717) is 55.4 Å². The van der Waals surface area contributed by atoms with Crippen LogP contribution in [-0.2, 0) is 55.7 Å². The van der Waals surface area contributed by atoms with Crippen molar-refractivity contribution in [1.82, 2.24) is 9.80 Å². The Balaban J connectivity index is 0.770. The average molecular weight is 933 g/mol. The molecule has 0 radical (unpaired) electrons. The Kier molecular flexibility index (Phi) is 9.75. The number of carbonyl (C=O) groups is 4. The maximum atomic E-state index is 14.2. The molecule has 69 heavy (non-hydrogen) atoms. The third-order valence-electron chi connectivity index (χ3n) is 19.5. The Morgan fingerprint density at radius 2 is 1.25 bits per heavy atom. The minimum atomic E-state index is -1.19. The van der Waals surface area contributed by atoms with E-state index in [0.717, 1.165) is 94.3 Å². The fourth-order valence-corrected chi connectivity index (χ4v) is 15.9. The highest BCUT2D eigenvalue weighted by molar-refractivity contribution is 5.98. The van der Waals surface area contributed by atoms with Crippen molar-refractivity contribution >= 4 is 34.3 Å². The number of carbonyl (C=O) groups excluding carboxylic acids is 4. The zero-order chi connectivity index (χ0) is 47.5. The summed E-state index contributed by atoms with van der Waals surface area (Å²) in [5, 5.41) is 27.4. The van der Waals surface area contributed by atoms with E-state index >= 15 is 0 Å². The number of likely N-dealkylation sites (tertiary alicyclic amines) is 2. The number of aliphatic hydroxyl groups is 2. The second-order valence-corrected chi connectivity index (χ2v) is 23.0. The first-order chi connectivity index (χ1) is 33.1. The summed E-state index contributed by atoms with van der Waals surface area (Å²) in [6.45, 7) is 11.7. The highest BCUT2D eigenvalue weighted by Crippen LogP contribution is 2.66. The Bertz CT molecular complexity index is 2940. The van der Waals surface area contributed by atoms with Gasteiger partial charge in [0.05, 0.1) is 29.5 Å². The van der Waals surface area contributed by atoms with E-state index in [4.69, 9.17) is 14.2 Å². The maximum Gasteiger partial charge on any atom is 0.315 e. The molecule has 9 aliphatic rings. The Morgan fingerprint density at radius 1 is 0.667 bits per heavy atom. The van der Waals surface area contributed by atoms with Crippen molar-refractivity contribution in [2.24, 2.45) is 17.8 Å². The van der Waals surface area contributed by atoms with Gasteiger partial charge in [-0.25, -0.2) is 0 Å². The second-order valence-electron chi connectivity index (χ2n) is 23.0. The number of nitrogens with zero attached hydrogens (tertiary/aromatic N) is 2. The zero-order valence-corrected chi connectivity index (χ0v) is 40.5. The number of hydrogen-bond donors (Lipinski definition) is 2. The number of ketones is 2. The van der Waals surface area contributed by atoms with Crippen LogP contribution in [0.3, 0.4) is 0 Å². The van der Waals surface area contributed by atoms with Crippen molar-refractivity contribution in [1.29, 1.82) is 0 Å². The highest BCUT2D eigenvalue weighted by atomic mass is 16.6. The molecule has 0 unspecified atom stereocenters. The van der Waals surface area contributed by atoms with Gasteiger partial charge in [0.2, 0.25) is 0 Å². The van der Waals surface area contributed by atoms with Crippen molar-refractivity contribution in [3.63, 3.8) is 0 Å². The van der Waals surface area contributed by atoms with E-state index in [1.807, 2.05) is 57.2 Å². The molecule has 2 bridgehead atoms. The number of fused-ring (bicyclic) bond motifs is 2. The van der Waals surface area contributed by atoms with E-state index in [9.17, 15) is 29.4 Å². The molecule has 13 rings (SSSR count). The zero-order valence-electron chi connectivity index (χ0n) is 40.5. The van der Waals surface area contributed by atoms with Crippen LogP contribution in [0.4, 0.5) is 0 Å². The fourth-order valence-electron chi connectivity index (χ4n) is 15.9. The second kappa shape index (κ2) is 15.3. The quantitative estimate of drug-likeness (QED) is 0.123. The van der Waals surface area contributed by atoms with Gasteiger partial charge in [0.25, 0.3) is 0 Å². The summed E-state index contributed by atoms with van der Waals surface area (Å²) in [7, 11) is 0. The standard InChI is InChI=1S/C58H64N2O9/c1-31-6-13-38(27-48(64)68-45-15-7-33(3)51-53(45)69-54-43(62)18-19-57(65)34(4)59(29-35-8-9-35)23-22-56(51,54)57)50-32(2)5-12-37(49(31)50)26-47(63)67-44-16-14-39-25-46-58(66)20-17-42(61)41-28-40(44)52(39)55(41,58)21-24-60(46)30-36-10-11-36/h5-7,12-16,34-36,41,46,54,65-66H,8-11,17-30H2,1-4H3/t34-,41+,46-,54+,55-,56+,57-,58-/m1/s1. The van der Waals surface area contributed by atoms with Crippen molar-refractivity contribution in [3.05, 3.63) is 98.6 Å². The van der Waals surface area contributed by atoms with E-state index in [-0.39, 0.29) is 54.6 Å². The molecule has 3 aliphatic heterocycles. The first-order valence-electron chi connectivity index (χ1n) is 26.0.